The van der Waals surface area contributed by atoms with Crippen LogP contribution < -0.4 is 0 Å². The fourth-order valence-electron chi connectivity index (χ4n) is 5.77. The number of rotatable bonds is 17. The molecule has 0 saturated carbocycles. The molecule has 0 aromatic heterocycles. The molecule has 6 atom stereocenters. The zero-order valence-corrected chi connectivity index (χ0v) is 26.8. The predicted octanol–water partition coefficient (Wildman–Crippen LogP) is 6.45. The fourth-order valence-corrected chi connectivity index (χ4v) is 5.77. The van der Waals surface area contributed by atoms with E-state index in [-0.39, 0.29) is 6.10 Å². The van der Waals surface area contributed by atoms with Crippen molar-refractivity contribution < 1.29 is 37.9 Å². The van der Waals surface area contributed by atoms with Crippen LogP contribution >= 0.6 is 0 Å². The van der Waals surface area contributed by atoms with Crippen LogP contribution in [0.4, 0.5) is 0 Å². The van der Waals surface area contributed by atoms with Crippen molar-refractivity contribution in [3.05, 3.63) is 108 Å². The van der Waals surface area contributed by atoms with Crippen molar-refractivity contribution in [2.45, 2.75) is 95.5 Å². The molecule has 3 aromatic carbocycles. The molecule has 0 bridgehead atoms. The molecule has 0 amide bonds. The molecular weight excluding hydrogens is 572 g/mol. The number of ether oxygens (including phenoxy) is 8. The van der Waals surface area contributed by atoms with E-state index in [9.17, 15) is 0 Å². The Bertz CT molecular complexity index is 1220. The molecule has 0 radical (unpaired) electrons. The Morgan fingerprint density at radius 2 is 1.27 bits per heavy atom. The van der Waals surface area contributed by atoms with Gasteiger partial charge in [-0.15, -0.1) is 0 Å². The summed E-state index contributed by atoms with van der Waals surface area (Å²) >= 11 is 0. The zero-order chi connectivity index (χ0) is 31.3. The summed E-state index contributed by atoms with van der Waals surface area (Å²) in [4.78, 5) is 0. The predicted molar refractivity (Wildman–Crippen MR) is 170 cm³/mol. The van der Waals surface area contributed by atoms with Crippen LogP contribution in [0, 0.1) is 0 Å². The van der Waals surface area contributed by atoms with E-state index in [4.69, 9.17) is 37.9 Å². The third-order valence-electron chi connectivity index (χ3n) is 8.09. The minimum Gasteiger partial charge on any atom is -0.374 e. The van der Waals surface area contributed by atoms with Crippen LogP contribution in [0.5, 0.6) is 0 Å². The van der Waals surface area contributed by atoms with Gasteiger partial charge in [0.2, 0.25) is 0 Å². The first-order valence-electron chi connectivity index (χ1n) is 16.0. The van der Waals surface area contributed by atoms with E-state index in [0.717, 1.165) is 36.0 Å². The summed E-state index contributed by atoms with van der Waals surface area (Å²) in [5.74, 6) is -0.510. The highest BCUT2D eigenvalue weighted by Gasteiger charge is 2.48. The van der Waals surface area contributed by atoms with Crippen molar-refractivity contribution in [3.63, 3.8) is 0 Å². The van der Waals surface area contributed by atoms with Crippen molar-refractivity contribution >= 4 is 0 Å². The molecule has 0 N–H and O–H groups in total. The maximum absolute atomic E-state index is 6.67. The van der Waals surface area contributed by atoms with E-state index in [1.54, 1.807) is 7.11 Å². The average molecular weight is 621 g/mol. The van der Waals surface area contributed by atoms with E-state index in [1.807, 2.05) is 92.7 Å². The first-order valence-corrected chi connectivity index (χ1v) is 16.0. The van der Waals surface area contributed by atoms with E-state index in [0.29, 0.717) is 39.6 Å². The SMILES string of the molecule is CO[C@H]1O[C@H](COCc2ccccc2)[C@@H](OCCCCC2COC(C)(C)O2)[C@H](OCc2ccccc2)[C@H]1OCc1ccccc1. The lowest BCUT2D eigenvalue weighted by Gasteiger charge is -2.45. The second-order valence-electron chi connectivity index (χ2n) is 12.1. The maximum Gasteiger partial charge on any atom is 0.186 e. The van der Waals surface area contributed by atoms with Crippen molar-refractivity contribution in [3.8, 4) is 0 Å². The van der Waals surface area contributed by atoms with E-state index in [2.05, 4.69) is 12.1 Å². The molecule has 2 heterocycles. The van der Waals surface area contributed by atoms with E-state index < -0.39 is 36.5 Å². The van der Waals surface area contributed by atoms with Gasteiger partial charge < -0.3 is 37.9 Å². The number of benzene rings is 3. The lowest BCUT2D eigenvalue weighted by atomic mass is 9.98. The second kappa shape index (κ2) is 17.3. The van der Waals surface area contributed by atoms with Crippen molar-refractivity contribution in [1.82, 2.24) is 0 Å². The minimum absolute atomic E-state index is 0.109. The van der Waals surface area contributed by atoms with Crippen LogP contribution in [0.3, 0.4) is 0 Å². The van der Waals surface area contributed by atoms with Gasteiger partial charge in [-0.3, -0.25) is 0 Å². The highest BCUT2D eigenvalue weighted by atomic mass is 16.7. The van der Waals surface area contributed by atoms with Gasteiger partial charge in [0.05, 0.1) is 39.1 Å². The third-order valence-corrected chi connectivity index (χ3v) is 8.09. The molecule has 2 saturated heterocycles. The van der Waals surface area contributed by atoms with Crippen LogP contribution in [0.1, 0.15) is 49.8 Å². The Morgan fingerprint density at radius 3 is 1.82 bits per heavy atom. The number of unbranched alkanes of at least 4 members (excludes halogenated alkanes) is 1. The zero-order valence-electron chi connectivity index (χ0n) is 26.8. The largest absolute Gasteiger partial charge is 0.374 e. The normalized spacial score (nSPS) is 26.2. The molecule has 2 aliphatic rings. The summed E-state index contributed by atoms with van der Waals surface area (Å²) < 4.78 is 50.1. The monoisotopic (exact) mass is 620 g/mol. The van der Waals surface area contributed by atoms with Crippen molar-refractivity contribution in [2.24, 2.45) is 0 Å². The highest BCUT2D eigenvalue weighted by molar-refractivity contribution is 5.15. The van der Waals surface area contributed by atoms with Gasteiger partial charge in [-0.2, -0.15) is 0 Å². The highest BCUT2D eigenvalue weighted by Crippen LogP contribution is 2.31. The summed E-state index contributed by atoms with van der Waals surface area (Å²) in [6, 6.07) is 30.3. The van der Waals surface area contributed by atoms with Gasteiger partial charge in [-0.25, -0.2) is 0 Å². The molecule has 0 spiro atoms. The van der Waals surface area contributed by atoms with Crippen LogP contribution in [-0.2, 0) is 57.7 Å². The Balaban J connectivity index is 1.29. The Labute approximate surface area is 267 Å². The van der Waals surface area contributed by atoms with Gasteiger partial charge in [-0.1, -0.05) is 91.0 Å². The van der Waals surface area contributed by atoms with E-state index in [1.165, 1.54) is 0 Å². The van der Waals surface area contributed by atoms with Gasteiger partial charge >= 0.3 is 0 Å². The molecule has 45 heavy (non-hydrogen) atoms. The maximum atomic E-state index is 6.67. The van der Waals surface area contributed by atoms with Crippen LogP contribution in [0.15, 0.2) is 91.0 Å². The third kappa shape index (κ3) is 10.4. The van der Waals surface area contributed by atoms with Gasteiger partial charge in [0.25, 0.3) is 0 Å². The summed E-state index contributed by atoms with van der Waals surface area (Å²) in [5, 5.41) is 0. The molecule has 8 heteroatoms. The molecule has 2 aliphatic heterocycles. The van der Waals surface area contributed by atoms with Gasteiger partial charge in [0, 0.05) is 13.7 Å². The topological polar surface area (TPSA) is 73.8 Å². The molecule has 8 nitrogen and oxygen atoms in total. The standard InChI is InChI=1S/C37H48O8/c1-37(2)43-26-31(45-37)21-13-14-22-40-33-32(27-39-23-28-15-7-4-8-16-28)44-36(38-3)35(42-25-30-19-11-6-12-20-30)34(33)41-24-29-17-9-5-10-18-29/h4-12,15-20,31-36H,13-14,21-27H2,1-3H3/t31?,32-,33-,34+,35-,36+/m1/s1. The fraction of sp³-hybridized carbons (Fsp3) is 0.514. The van der Waals surface area contributed by atoms with Crippen molar-refractivity contribution in [2.75, 3.05) is 26.9 Å². The van der Waals surface area contributed by atoms with Crippen LogP contribution in [0.2, 0.25) is 0 Å². The quantitative estimate of drug-likeness (QED) is 0.160. The summed E-state index contributed by atoms with van der Waals surface area (Å²) in [7, 11) is 1.64. The van der Waals surface area contributed by atoms with Gasteiger partial charge in [0.15, 0.2) is 12.1 Å². The Hall–Kier alpha value is -2.66. The van der Waals surface area contributed by atoms with Crippen LogP contribution in [0.25, 0.3) is 0 Å². The van der Waals surface area contributed by atoms with Crippen LogP contribution in [-0.4, -0.2) is 69.5 Å². The Kier molecular flexibility index (Phi) is 13.0. The molecular formula is C37H48O8. The lowest BCUT2D eigenvalue weighted by Crippen LogP contribution is -2.61. The molecule has 3 aromatic rings. The second-order valence-corrected chi connectivity index (χ2v) is 12.1. The first kappa shape index (κ1) is 33.7. The Morgan fingerprint density at radius 1 is 0.689 bits per heavy atom. The molecule has 2 fully saturated rings. The van der Waals surface area contributed by atoms with Gasteiger partial charge in [-0.05, 0) is 49.8 Å². The van der Waals surface area contributed by atoms with Gasteiger partial charge in [0.1, 0.15) is 24.4 Å². The molecule has 0 aliphatic carbocycles. The molecule has 244 valence electrons. The average Bonchev–Trinajstić information content (AvgIpc) is 3.42. The summed E-state index contributed by atoms with van der Waals surface area (Å²) in [5.41, 5.74) is 3.22. The molecule has 1 unspecified atom stereocenters. The summed E-state index contributed by atoms with van der Waals surface area (Å²) in [6.45, 7) is 6.65. The smallest absolute Gasteiger partial charge is 0.186 e. The van der Waals surface area contributed by atoms with Crippen molar-refractivity contribution in [1.29, 1.82) is 0 Å². The minimum atomic E-state index is -0.664. The number of methoxy groups -OCH3 is 1. The summed E-state index contributed by atoms with van der Waals surface area (Å²) in [6.07, 6.45) is 0.316. The first-order chi connectivity index (χ1) is 22.0. The number of hydrogen-bond donors (Lipinski definition) is 0. The molecule has 5 rings (SSSR count). The number of hydrogen-bond acceptors (Lipinski definition) is 8. The van der Waals surface area contributed by atoms with E-state index >= 15 is 0 Å². The lowest BCUT2D eigenvalue weighted by molar-refractivity contribution is -0.322.